The third-order valence-corrected chi connectivity index (χ3v) is 8.94. The zero-order valence-corrected chi connectivity index (χ0v) is 30.0. The maximum atomic E-state index is 4.26. The first-order chi connectivity index (χ1) is 21.5. The van der Waals surface area contributed by atoms with Crippen molar-refractivity contribution in [2.24, 2.45) is 0 Å². The zero-order valence-electron chi connectivity index (χ0n) is 24.6. The van der Waals surface area contributed by atoms with E-state index < -0.39 is 0 Å². The van der Waals surface area contributed by atoms with Gasteiger partial charge in [0.1, 0.15) is 0 Å². The monoisotopic (exact) mass is 688 g/mol. The van der Waals surface area contributed by atoms with Crippen LogP contribution in [0.2, 0.25) is 0 Å². The number of thiol groups is 6. The zero-order chi connectivity index (χ0) is 31.6. The van der Waals surface area contributed by atoms with Crippen LogP contribution in [0.25, 0.3) is 21.5 Å². The molecule has 6 heteroatoms. The van der Waals surface area contributed by atoms with Crippen molar-refractivity contribution in [3.05, 3.63) is 167 Å². The van der Waals surface area contributed by atoms with Crippen molar-refractivity contribution in [1.82, 2.24) is 0 Å². The van der Waals surface area contributed by atoms with E-state index in [1.54, 1.807) is 0 Å². The van der Waals surface area contributed by atoms with Crippen LogP contribution in [-0.2, 0) is 34.5 Å². The summed E-state index contributed by atoms with van der Waals surface area (Å²) in [6.45, 7) is 0. The molecule has 0 saturated heterocycles. The summed E-state index contributed by atoms with van der Waals surface area (Å²) in [5, 5.41) is 5.15. The fraction of sp³-hybridized carbons (Fsp3) is 0.158. The summed E-state index contributed by atoms with van der Waals surface area (Å²) in [5.41, 5.74) is 7.59. The molecule has 0 atom stereocenters. The van der Waals surface area contributed by atoms with E-state index >= 15 is 0 Å². The second kappa shape index (κ2) is 20.9. The van der Waals surface area contributed by atoms with Gasteiger partial charge in [0.15, 0.2) is 0 Å². The molecule has 6 aromatic rings. The molecule has 0 nitrogen and oxygen atoms in total. The van der Waals surface area contributed by atoms with Crippen LogP contribution in [0.1, 0.15) is 33.4 Å². The van der Waals surface area contributed by atoms with Crippen LogP contribution in [0.5, 0.6) is 0 Å². The van der Waals surface area contributed by atoms with Crippen molar-refractivity contribution in [1.29, 1.82) is 0 Å². The normalized spacial score (nSPS) is 10.1. The fourth-order valence-corrected chi connectivity index (χ4v) is 5.43. The van der Waals surface area contributed by atoms with E-state index in [1.807, 2.05) is 18.2 Å². The highest BCUT2D eigenvalue weighted by atomic mass is 32.1. The van der Waals surface area contributed by atoms with Crippen LogP contribution in [-0.4, -0.2) is 0 Å². The molecule has 0 bridgehead atoms. The van der Waals surface area contributed by atoms with Gasteiger partial charge in [-0.3, -0.25) is 0 Å². The van der Waals surface area contributed by atoms with E-state index in [4.69, 9.17) is 0 Å². The Morgan fingerprint density at radius 3 is 0.886 bits per heavy atom. The van der Waals surface area contributed by atoms with Gasteiger partial charge in [0, 0.05) is 34.5 Å². The lowest BCUT2D eigenvalue weighted by Crippen LogP contribution is -1.81. The van der Waals surface area contributed by atoms with E-state index in [0.717, 1.165) is 34.5 Å². The van der Waals surface area contributed by atoms with Crippen LogP contribution in [0.3, 0.4) is 0 Å². The maximum Gasteiger partial charge on any atom is 0.0154 e. The first kappa shape index (κ1) is 36.4. The molecule has 228 valence electrons. The van der Waals surface area contributed by atoms with Gasteiger partial charge in [0.2, 0.25) is 0 Å². The molecule has 6 rings (SSSR count). The Bertz CT molecular complexity index is 1600. The average Bonchev–Trinajstić information content (AvgIpc) is 3.12. The Morgan fingerprint density at radius 1 is 0.250 bits per heavy atom. The van der Waals surface area contributed by atoms with Crippen LogP contribution in [0, 0.1) is 0 Å². The quantitative estimate of drug-likeness (QED) is 0.0922. The molecule has 0 heterocycles. The van der Waals surface area contributed by atoms with Gasteiger partial charge >= 0.3 is 0 Å². The van der Waals surface area contributed by atoms with E-state index in [9.17, 15) is 0 Å². The SMILES string of the molecule is SCc1ccc(CS)cc1.SCc1ccc2cc(CS)ccc2c1.SCc1ccc2ccccc2c1.SCc1ccccc1. The predicted molar refractivity (Wildman–Crippen MR) is 217 cm³/mol. The van der Waals surface area contributed by atoms with Gasteiger partial charge in [0.05, 0.1) is 0 Å². The fourth-order valence-electron chi connectivity index (χ4n) is 4.21. The molecule has 0 unspecified atom stereocenters. The third kappa shape index (κ3) is 12.4. The lowest BCUT2D eigenvalue weighted by molar-refractivity contribution is 1.35. The van der Waals surface area contributed by atoms with Crippen molar-refractivity contribution in [3.63, 3.8) is 0 Å². The highest BCUT2D eigenvalue weighted by Crippen LogP contribution is 2.20. The molecule has 0 spiro atoms. The second-order valence-corrected chi connectivity index (χ2v) is 11.8. The number of benzene rings is 6. The summed E-state index contributed by atoms with van der Waals surface area (Å²) >= 11 is 25.2. The standard InChI is InChI=1S/C12H12S2.C11H10S.C8H10S2.C7H8S/c13-7-9-1-3-11-6-10(8-14)2-4-12(11)5-9;12-8-9-5-6-10-3-1-2-4-11(10)7-9;9-5-7-1-2-8(6-10)4-3-7;8-6-7-4-2-1-3-5-7/h1-6,13-14H,7-8H2;1-7,12H,8H2;1-4,9-10H,5-6H2;1-5,8H,6H2. The third-order valence-electron chi connectivity index (χ3n) is 6.74. The molecular weight excluding hydrogens is 649 g/mol. The van der Waals surface area contributed by atoms with Crippen molar-refractivity contribution >= 4 is 97.3 Å². The van der Waals surface area contributed by atoms with Crippen LogP contribution in [0.4, 0.5) is 0 Å². The molecule has 0 saturated carbocycles. The predicted octanol–water partition coefficient (Wildman–Crippen LogP) is 11.6. The first-order valence-electron chi connectivity index (χ1n) is 14.3. The maximum absolute atomic E-state index is 4.26. The molecule has 0 aliphatic rings. The van der Waals surface area contributed by atoms with Gasteiger partial charge in [-0.2, -0.15) is 75.8 Å². The van der Waals surface area contributed by atoms with Crippen LogP contribution >= 0.6 is 75.8 Å². The minimum Gasteiger partial charge on any atom is -0.175 e. The summed E-state index contributed by atoms with van der Waals surface area (Å²) in [7, 11) is 0. The molecular formula is C38H40S6. The highest BCUT2D eigenvalue weighted by molar-refractivity contribution is 7.80. The van der Waals surface area contributed by atoms with Crippen molar-refractivity contribution < 1.29 is 0 Å². The Labute approximate surface area is 296 Å². The lowest BCUT2D eigenvalue weighted by Gasteiger charge is -2.02. The molecule has 0 radical (unpaired) electrons. The summed E-state index contributed by atoms with van der Waals surface area (Å²) in [5.74, 6) is 4.86. The van der Waals surface area contributed by atoms with Gasteiger partial charge in [-0.25, -0.2) is 0 Å². The largest absolute Gasteiger partial charge is 0.175 e. The van der Waals surface area contributed by atoms with Gasteiger partial charge in [-0.15, -0.1) is 0 Å². The number of hydrogen-bond acceptors (Lipinski definition) is 6. The van der Waals surface area contributed by atoms with E-state index in [-0.39, 0.29) is 0 Å². The van der Waals surface area contributed by atoms with E-state index in [0.29, 0.717) is 0 Å². The van der Waals surface area contributed by atoms with Crippen molar-refractivity contribution in [2.75, 3.05) is 0 Å². The average molecular weight is 689 g/mol. The Hall–Kier alpha value is -2.06. The number of fused-ring (bicyclic) bond motifs is 2. The molecule has 6 aromatic carbocycles. The molecule has 0 N–H and O–H groups in total. The second-order valence-electron chi connectivity index (χ2n) is 9.95. The first-order valence-corrected chi connectivity index (χ1v) is 18.1. The number of hydrogen-bond donors (Lipinski definition) is 6. The summed E-state index contributed by atoms with van der Waals surface area (Å²) in [6.07, 6.45) is 0. The Kier molecular flexibility index (Phi) is 17.3. The molecule has 0 aliphatic heterocycles. The summed E-state index contributed by atoms with van der Waals surface area (Å²) in [6, 6.07) is 46.2. The number of rotatable bonds is 6. The smallest absolute Gasteiger partial charge is 0.0154 e. The van der Waals surface area contributed by atoms with Gasteiger partial charge in [-0.05, 0) is 54.9 Å². The molecule has 0 fully saturated rings. The van der Waals surface area contributed by atoms with Crippen molar-refractivity contribution in [2.45, 2.75) is 34.5 Å². The van der Waals surface area contributed by atoms with Gasteiger partial charge in [-0.1, -0.05) is 133 Å². The summed E-state index contributed by atoms with van der Waals surface area (Å²) < 4.78 is 0. The Morgan fingerprint density at radius 2 is 0.523 bits per heavy atom. The minimum absolute atomic E-state index is 0.796. The lowest BCUT2D eigenvalue weighted by atomic mass is 10.1. The molecule has 0 aliphatic carbocycles. The van der Waals surface area contributed by atoms with Gasteiger partial charge < -0.3 is 0 Å². The van der Waals surface area contributed by atoms with Crippen LogP contribution in [0.15, 0.2) is 133 Å². The summed E-state index contributed by atoms with van der Waals surface area (Å²) in [4.78, 5) is 0. The van der Waals surface area contributed by atoms with Crippen LogP contribution < -0.4 is 0 Å². The van der Waals surface area contributed by atoms with Gasteiger partial charge in [0.25, 0.3) is 0 Å². The minimum atomic E-state index is 0.796. The van der Waals surface area contributed by atoms with Crippen molar-refractivity contribution in [3.8, 4) is 0 Å². The Balaban J connectivity index is 0.000000164. The van der Waals surface area contributed by atoms with E-state index in [1.165, 1.54) is 54.9 Å². The topological polar surface area (TPSA) is 0 Å². The molecule has 0 amide bonds. The van der Waals surface area contributed by atoms with E-state index in [2.05, 4.69) is 191 Å². The highest BCUT2D eigenvalue weighted by Gasteiger charge is 1.97. The molecule has 44 heavy (non-hydrogen) atoms. The molecule has 0 aromatic heterocycles.